The fourth-order valence-corrected chi connectivity index (χ4v) is 6.32. The van der Waals surface area contributed by atoms with Gasteiger partial charge in [0.05, 0.1) is 0 Å². The van der Waals surface area contributed by atoms with Crippen LogP contribution in [0.2, 0.25) is 0 Å². The van der Waals surface area contributed by atoms with Crippen LogP contribution in [0.4, 0.5) is 4.79 Å². The number of hydrogen-bond donors (Lipinski definition) is 1. The molecule has 2 heterocycles. The summed E-state index contributed by atoms with van der Waals surface area (Å²) in [6, 6.07) is 16.2. The number of rotatable bonds is 8. The molecule has 2 aliphatic heterocycles. The van der Waals surface area contributed by atoms with Crippen molar-refractivity contribution in [2.75, 3.05) is 45.8 Å². The third kappa shape index (κ3) is 6.98. The minimum Gasteiger partial charge on any atom is -0.335 e. The summed E-state index contributed by atoms with van der Waals surface area (Å²) in [6.07, 6.45) is 11.2. The van der Waals surface area contributed by atoms with Crippen molar-refractivity contribution in [1.82, 2.24) is 20.0 Å². The molecule has 2 amide bonds. The SMILES string of the molecule is O=C(NC1CCCC1)N1CCC(CN(CCN2CCCCC2)Cc2ccc3ccccc3c2)CC1. The van der Waals surface area contributed by atoms with Crippen LogP contribution in [0.3, 0.4) is 0 Å². The number of fused-ring (bicyclic) bond motifs is 1. The van der Waals surface area contributed by atoms with Crippen LogP contribution in [0.1, 0.15) is 63.4 Å². The first-order chi connectivity index (χ1) is 17.2. The summed E-state index contributed by atoms with van der Waals surface area (Å²) in [7, 11) is 0. The number of nitrogens with one attached hydrogen (secondary N) is 1. The molecule has 3 aliphatic rings. The van der Waals surface area contributed by atoms with Crippen LogP contribution in [0.15, 0.2) is 42.5 Å². The molecule has 0 bridgehead atoms. The highest BCUT2D eigenvalue weighted by Crippen LogP contribution is 2.23. The van der Waals surface area contributed by atoms with E-state index < -0.39 is 0 Å². The Morgan fingerprint density at radius 3 is 2.37 bits per heavy atom. The van der Waals surface area contributed by atoms with Gasteiger partial charge in [-0.1, -0.05) is 55.7 Å². The molecule has 35 heavy (non-hydrogen) atoms. The Balaban J connectivity index is 1.17. The fraction of sp³-hybridized carbons (Fsp3) is 0.633. The highest BCUT2D eigenvalue weighted by molar-refractivity contribution is 5.83. The summed E-state index contributed by atoms with van der Waals surface area (Å²) in [6.45, 7) is 8.79. The highest BCUT2D eigenvalue weighted by atomic mass is 16.2. The lowest BCUT2D eigenvalue weighted by Gasteiger charge is -2.36. The van der Waals surface area contributed by atoms with E-state index in [0.717, 1.165) is 58.4 Å². The van der Waals surface area contributed by atoms with Gasteiger partial charge in [-0.2, -0.15) is 0 Å². The van der Waals surface area contributed by atoms with E-state index in [9.17, 15) is 4.79 Å². The molecule has 2 aromatic rings. The van der Waals surface area contributed by atoms with Gasteiger partial charge in [0.2, 0.25) is 0 Å². The number of amides is 2. The molecule has 1 N–H and O–H groups in total. The largest absolute Gasteiger partial charge is 0.335 e. The van der Waals surface area contributed by atoms with Gasteiger partial charge in [0.15, 0.2) is 0 Å². The number of carbonyl (C=O) groups excluding carboxylic acids is 1. The summed E-state index contributed by atoms with van der Waals surface area (Å²) in [4.78, 5) is 20.1. The summed E-state index contributed by atoms with van der Waals surface area (Å²) < 4.78 is 0. The van der Waals surface area contributed by atoms with Crippen LogP contribution in [0.5, 0.6) is 0 Å². The van der Waals surface area contributed by atoms with E-state index in [1.165, 1.54) is 68.1 Å². The molecule has 0 atom stereocenters. The van der Waals surface area contributed by atoms with Gasteiger partial charge in [0, 0.05) is 45.3 Å². The Kier molecular flexibility index (Phi) is 8.59. The van der Waals surface area contributed by atoms with Crippen molar-refractivity contribution in [3.8, 4) is 0 Å². The Labute approximate surface area is 211 Å². The van der Waals surface area contributed by atoms with Crippen molar-refractivity contribution in [2.24, 2.45) is 5.92 Å². The number of urea groups is 1. The van der Waals surface area contributed by atoms with Gasteiger partial charge < -0.3 is 15.1 Å². The molecule has 3 fully saturated rings. The lowest BCUT2D eigenvalue weighted by atomic mass is 9.96. The second-order valence-electron chi connectivity index (χ2n) is 11.2. The number of carbonyl (C=O) groups is 1. The standard InChI is InChI=1S/C30H44N4O/c35-30(31-29-10-4-5-11-29)34-18-14-25(15-19-34)23-33(21-20-32-16-6-1-7-17-32)24-26-12-13-27-8-2-3-9-28(27)22-26/h2-3,8-9,12-13,22,25,29H,1,4-7,10-11,14-21,23-24H2,(H,31,35). The van der Waals surface area contributed by atoms with Gasteiger partial charge in [0.25, 0.3) is 0 Å². The maximum Gasteiger partial charge on any atom is 0.317 e. The van der Waals surface area contributed by atoms with E-state index in [4.69, 9.17) is 0 Å². The van der Waals surface area contributed by atoms with Gasteiger partial charge >= 0.3 is 6.03 Å². The molecule has 0 aromatic heterocycles. The number of benzene rings is 2. The zero-order chi connectivity index (χ0) is 23.9. The van der Waals surface area contributed by atoms with Crippen molar-refractivity contribution >= 4 is 16.8 Å². The molecule has 1 aliphatic carbocycles. The molecule has 1 saturated carbocycles. The topological polar surface area (TPSA) is 38.8 Å². The predicted molar refractivity (Wildman–Crippen MR) is 145 cm³/mol. The van der Waals surface area contributed by atoms with Crippen molar-refractivity contribution < 1.29 is 4.79 Å². The van der Waals surface area contributed by atoms with Crippen molar-refractivity contribution in [3.63, 3.8) is 0 Å². The van der Waals surface area contributed by atoms with Gasteiger partial charge in [-0.05, 0) is 79.9 Å². The molecule has 5 heteroatoms. The highest BCUT2D eigenvalue weighted by Gasteiger charge is 2.26. The summed E-state index contributed by atoms with van der Waals surface area (Å²) >= 11 is 0. The van der Waals surface area contributed by atoms with E-state index in [-0.39, 0.29) is 6.03 Å². The van der Waals surface area contributed by atoms with E-state index >= 15 is 0 Å². The molecule has 2 aromatic carbocycles. The second-order valence-corrected chi connectivity index (χ2v) is 11.2. The average Bonchev–Trinajstić information content (AvgIpc) is 3.41. The molecule has 0 spiro atoms. The van der Waals surface area contributed by atoms with Gasteiger partial charge in [-0.25, -0.2) is 4.79 Å². The molecule has 5 nitrogen and oxygen atoms in total. The summed E-state index contributed by atoms with van der Waals surface area (Å²) in [5.74, 6) is 0.673. The maximum atomic E-state index is 12.7. The third-order valence-corrected chi connectivity index (χ3v) is 8.50. The number of piperidine rings is 2. The van der Waals surface area contributed by atoms with Crippen molar-refractivity contribution in [2.45, 2.75) is 70.4 Å². The van der Waals surface area contributed by atoms with Crippen LogP contribution in [0.25, 0.3) is 10.8 Å². The van der Waals surface area contributed by atoms with E-state index in [1.807, 2.05) is 0 Å². The molecule has 0 radical (unpaired) electrons. The maximum absolute atomic E-state index is 12.7. The van der Waals surface area contributed by atoms with Crippen LogP contribution in [-0.2, 0) is 6.54 Å². The van der Waals surface area contributed by atoms with E-state index in [1.54, 1.807) is 0 Å². The van der Waals surface area contributed by atoms with Crippen LogP contribution < -0.4 is 5.32 Å². The Morgan fingerprint density at radius 2 is 1.60 bits per heavy atom. The monoisotopic (exact) mass is 476 g/mol. The minimum absolute atomic E-state index is 0.175. The van der Waals surface area contributed by atoms with Gasteiger partial charge in [0.1, 0.15) is 0 Å². The van der Waals surface area contributed by atoms with Crippen LogP contribution in [-0.4, -0.2) is 72.6 Å². The van der Waals surface area contributed by atoms with Gasteiger partial charge in [-0.3, -0.25) is 4.90 Å². The number of nitrogens with zero attached hydrogens (tertiary/aromatic N) is 3. The van der Waals surface area contributed by atoms with Crippen LogP contribution in [0, 0.1) is 5.92 Å². The van der Waals surface area contributed by atoms with E-state index in [0.29, 0.717) is 12.0 Å². The predicted octanol–water partition coefficient (Wildman–Crippen LogP) is 5.49. The summed E-state index contributed by atoms with van der Waals surface area (Å²) in [5.41, 5.74) is 1.41. The molecule has 5 rings (SSSR count). The molecule has 190 valence electrons. The Hall–Kier alpha value is -2.11. The second kappa shape index (κ2) is 12.2. The molecular weight excluding hydrogens is 432 g/mol. The first kappa shape index (κ1) is 24.6. The summed E-state index contributed by atoms with van der Waals surface area (Å²) in [5, 5.41) is 5.93. The van der Waals surface area contributed by atoms with Crippen molar-refractivity contribution in [1.29, 1.82) is 0 Å². The third-order valence-electron chi connectivity index (χ3n) is 8.50. The Bertz CT molecular complexity index is 942. The first-order valence-corrected chi connectivity index (χ1v) is 14.2. The average molecular weight is 477 g/mol. The normalized spacial score (nSPS) is 20.7. The molecule has 0 unspecified atom stereocenters. The quantitative estimate of drug-likeness (QED) is 0.547. The first-order valence-electron chi connectivity index (χ1n) is 14.2. The van der Waals surface area contributed by atoms with Crippen LogP contribution >= 0.6 is 0 Å². The zero-order valence-corrected chi connectivity index (χ0v) is 21.5. The number of likely N-dealkylation sites (tertiary alicyclic amines) is 2. The van der Waals surface area contributed by atoms with Crippen molar-refractivity contribution in [3.05, 3.63) is 48.0 Å². The van der Waals surface area contributed by atoms with E-state index in [2.05, 4.69) is 62.5 Å². The number of hydrogen-bond acceptors (Lipinski definition) is 3. The molecule has 2 saturated heterocycles. The van der Waals surface area contributed by atoms with Gasteiger partial charge in [-0.15, -0.1) is 0 Å². The minimum atomic E-state index is 0.175. The zero-order valence-electron chi connectivity index (χ0n) is 21.5. The fourth-order valence-electron chi connectivity index (χ4n) is 6.32. The molecular formula is C30H44N4O. The Morgan fingerprint density at radius 1 is 0.857 bits per heavy atom. The lowest BCUT2D eigenvalue weighted by molar-refractivity contribution is 0.128. The lowest BCUT2D eigenvalue weighted by Crippen LogP contribution is -2.48. The smallest absolute Gasteiger partial charge is 0.317 e.